The molecule has 23 heavy (non-hydrogen) atoms. The number of hydrogen-bond donors (Lipinski definition) is 2. The van der Waals surface area contributed by atoms with Gasteiger partial charge in [-0.25, -0.2) is 0 Å². The van der Waals surface area contributed by atoms with E-state index in [-0.39, 0.29) is 5.92 Å². The van der Waals surface area contributed by atoms with Gasteiger partial charge >= 0.3 is 5.97 Å². The minimum absolute atomic E-state index is 0.164. The fraction of sp³-hybridized carbons (Fsp3) is 0.611. The van der Waals surface area contributed by atoms with Crippen molar-refractivity contribution >= 4 is 5.97 Å². The van der Waals surface area contributed by atoms with E-state index >= 15 is 0 Å². The molecule has 1 saturated carbocycles. The number of carboxylic acid groups (broad SMARTS) is 1. The lowest BCUT2D eigenvalue weighted by Crippen LogP contribution is -2.34. The fourth-order valence-corrected chi connectivity index (χ4v) is 2.96. The molecule has 0 unspecified atom stereocenters. The molecule has 2 N–H and O–H groups in total. The van der Waals surface area contributed by atoms with Gasteiger partial charge in [0.2, 0.25) is 0 Å². The standard InChI is InChI=1S/C18H27NO4/c1-3-10-23-17-11-13(4-9-16(17)22-2)12-19-15-7-5-14(6-8-15)18(20)21/h4,9,11,14-15,19H,3,5-8,10,12H2,1-2H3,(H,20,21). The number of carbonyl (C=O) groups is 1. The van der Waals surface area contributed by atoms with E-state index in [0.29, 0.717) is 12.6 Å². The highest BCUT2D eigenvalue weighted by molar-refractivity contribution is 5.70. The van der Waals surface area contributed by atoms with Crippen LogP contribution in [0.2, 0.25) is 0 Å². The van der Waals surface area contributed by atoms with E-state index in [0.717, 1.165) is 55.7 Å². The highest BCUT2D eigenvalue weighted by Gasteiger charge is 2.25. The Balaban J connectivity index is 1.87. The summed E-state index contributed by atoms with van der Waals surface area (Å²) in [5.74, 6) is 0.715. The molecule has 5 heteroatoms. The van der Waals surface area contributed by atoms with Crippen molar-refractivity contribution in [2.24, 2.45) is 5.92 Å². The Kier molecular flexibility index (Phi) is 6.71. The molecule has 1 aliphatic rings. The van der Waals surface area contributed by atoms with Gasteiger partial charge in [0.05, 0.1) is 19.6 Å². The lowest BCUT2D eigenvalue weighted by Gasteiger charge is -2.27. The third-order valence-corrected chi connectivity index (χ3v) is 4.36. The summed E-state index contributed by atoms with van der Waals surface area (Å²) < 4.78 is 11.1. The van der Waals surface area contributed by atoms with Crippen LogP contribution in [0.5, 0.6) is 11.5 Å². The monoisotopic (exact) mass is 321 g/mol. The Morgan fingerprint density at radius 2 is 2.00 bits per heavy atom. The summed E-state index contributed by atoms with van der Waals surface area (Å²) in [5, 5.41) is 12.6. The molecule has 128 valence electrons. The number of ether oxygens (including phenoxy) is 2. The molecule has 0 aliphatic heterocycles. The van der Waals surface area contributed by atoms with E-state index in [1.54, 1.807) is 7.11 Å². The van der Waals surface area contributed by atoms with Gasteiger partial charge in [-0.05, 0) is 49.8 Å². The predicted octanol–water partition coefficient (Wildman–Crippen LogP) is 3.22. The molecule has 1 aromatic rings. The van der Waals surface area contributed by atoms with Crippen LogP contribution in [0.3, 0.4) is 0 Å². The number of aliphatic carboxylic acids is 1. The first-order chi connectivity index (χ1) is 11.1. The number of benzene rings is 1. The molecule has 1 aliphatic carbocycles. The van der Waals surface area contributed by atoms with Crippen molar-refractivity contribution in [2.75, 3.05) is 13.7 Å². The van der Waals surface area contributed by atoms with Gasteiger partial charge in [-0.15, -0.1) is 0 Å². The van der Waals surface area contributed by atoms with Crippen molar-refractivity contribution in [2.45, 2.75) is 51.6 Å². The minimum Gasteiger partial charge on any atom is -0.493 e. The maximum absolute atomic E-state index is 11.0. The molecule has 2 rings (SSSR count). The van der Waals surface area contributed by atoms with Crippen LogP contribution >= 0.6 is 0 Å². The summed E-state index contributed by atoms with van der Waals surface area (Å²) in [5.41, 5.74) is 1.15. The normalized spacial score (nSPS) is 21.0. The smallest absolute Gasteiger partial charge is 0.306 e. The fourth-order valence-electron chi connectivity index (χ4n) is 2.96. The lowest BCUT2D eigenvalue weighted by atomic mass is 9.86. The van der Waals surface area contributed by atoms with Gasteiger partial charge in [0.25, 0.3) is 0 Å². The first-order valence-corrected chi connectivity index (χ1v) is 8.40. The zero-order valence-corrected chi connectivity index (χ0v) is 14.0. The summed E-state index contributed by atoms with van der Waals surface area (Å²) >= 11 is 0. The average Bonchev–Trinajstić information content (AvgIpc) is 2.58. The molecule has 0 atom stereocenters. The quantitative estimate of drug-likeness (QED) is 0.769. The van der Waals surface area contributed by atoms with E-state index in [1.807, 2.05) is 18.2 Å². The summed E-state index contributed by atoms with van der Waals surface area (Å²) in [6.45, 7) is 3.51. The second-order valence-corrected chi connectivity index (χ2v) is 6.10. The van der Waals surface area contributed by atoms with Crippen molar-refractivity contribution in [1.82, 2.24) is 5.32 Å². The van der Waals surface area contributed by atoms with Gasteiger partial charge in [-0.3, -0.25) is 4.79 Å². The third-order valence-electron chi connectivity index (χ3n) is 4.36. The molecule has 0 radical (unpaired) electrons. The van der Waals surface area contributed by atoms with Crippen molar-refractivity contribution in [3.05, 3.63) is 23.8 Å². The Bertz CT molecular complexity index is 510. The molecule has 1 aromatic carbocycles. The minimum atomic E-state index is -0.656. The maximum atomic E-state index is 11.0. The second-order valence-electron chi connectivity index (χ2n) is 6.10. The van der Waals surface area contributed by atoms with E-state index in [9.17, 15) is 4.79 Å². The van der Waals surface area contributed by atoms with E-state index in [4.69, 9.17) is 14.6 Å². The molecule has 0 bridgehead atoms. The summed E-state index contributed by atoms with van der Waals surface area (Å²) in [4.78, 5) is 11.0. The number of rotatable bonds is 8. The first-order valence-electron chi connectivity index (χ1n) is 8.40. The molecule has 0 aromatic heterocycles. The molecular formula is C18H27NO4. The van der Waals surface area contributed by atoms with Crippen molar-refractivity contribution in [3.8, 4) is 11.5 Å². The van der Waals surface area contributed by atoms with E-state index in [2.05, 4.69) is 12.2 Å². The Morgan fingerprint density at radius 1 is 1.26 bits per heavy atom. The van der Waals surface area contributed by atoms with Crippen LogP contribution in [-0.2, 0) is 11.3 Å². The number of carboxylic acids is 1. The summed E-state index contributed by atoms with van der Waals surface area (Å²) in [6.07, 6.45) is 4.33. The van der Waals surface area contributed by atoms with Crippen LogP contribution in [0.4, 0.5) is 0 Å². The van der Waals surface area contributed by atoms with Gasteiger partial charge in [0.1, 0.15) is 0 Å². The van der Waals surface area contributed by atoms with Crippen molar-refractivity contribution in [1.29, 1.82) is 0 Å². The molecule has 0 saturated heterocycles. The Labute approximate surface area is 138 Å². The van der Waals surface area contributed by atoms with Crippen molar-refractivity contribution < 1.29 is 19.4 Å². The van der Waals surface area contributed by atoms with Crippen LogP contribution < -0.4 is 14.8 Å². The number of hydrogen-bond acceptors (Lipinski definition) is 4. The maximum Gasteiger partial charge on any atom is 0.306 e. The molecule has 1 fully saturated rings. The lowest BCUT2D eigenvalue weighted by molar-refractivity contribution is -0.142. The predicted molar refractivity (Wildman–Crippen MR) is 89.0 cm³/mol. The topological polar surface area (TPSA) is 67.8 Å². The van der Waals surface area contributed by atoms with Crippen LogP contribution in [0, 0.1) is 5.92 Å². The zero-order chi connectivity index (χ0) is 16.7. The largest absolute Gasteiger partial charge is 0.493 e. The SMILES string of the molecule is CCCOc1cc(CNC2CCC(C(=O)O)CC2)ccc1OC. The van der Waals surface area contributed by atoms with E-state index < -0.39 is 5.97 Å². The third kappa shape index (κ3) is 5.13. The van der Waals surface area contributed by atoms with Crippen LogP contribution in [0.15, 0.2) is 18.2 Å². The highest BCUT2D eigenvalue weighted by Crippen LogP contribution is 2.29. The molecule has 0 amide bonds. The van der Waals surface area contributed by atoms with Gasteiger partial charge in [0, 0.05) is 12.6 Å². The molecule has 5 nitrogen and oxygen atoms in total. The first kappa shape index (κ1) is 17.6. The van der Waals surface area contributed by atoms with Gasteiger partial charge in [0.15, 0.2) is 11.5 Å². The Hall–Kier alpha value is -1.75. The van der Waals surface area contributed by atoms with Crippen LogP contribution in [-0.4, -0.2) is 30.8 Å². The number of nitrogens with one attached hydrogen (secondary N) is 1. The molecule has 0 spiro atoms. The molecule has 0 heterocycles. The average molecular weight is 321 g/mol. The van der Waals surface area contributed by atoms with E-state index in [1.165, 1.54) is 0 Å². The Morgan fingerprint density at radius 3 is 2.61 bits per heavy atom. The number of methoxy groups -OCH3 is 1. The summed E-state index contributed by atoms with van der Waals surface area (Å²) in [6, 6.07) is 6.38. The van der Waals surface area contributed by atoms with Gasteiger partial charge in [-0.2, -0.15) is 0 Å². The second kappa shape index (κ2) is 8.77. The summed E-state index contributed by atoms with van der Waals surface area (Å²) in [7, 11) is 1.65. The van der Waals surface area contributed by atoms with Gasteiger partial charge in [-0.1, -0.05) is 13.0 Å². The van der Waals surface area contributed by atoms with Crippen molar-refractivity contribution in [3.63, 3.8) is 0 Å². The molecular weight excluding hydrogens is 294 g/mol. The van der Waals surface area contributed by atoms with Gasteiger partial charge < -0.3 is 19.9 Å². The zero-order valence-electron chi connectivity index (χ0n) is 14.0. The highest BCUT2D eigenvalue weighted by atomic mass is 16.5. The van der Waals surface area contributed by atoms with Crippen LogP contribution in [0.25, 0.3) is 0 Å². The van der Waals surface area contributed by atoms with Crippen LogP contribution in [0.1, 0.15) is 44.6 Å².